The number of nitrogens with one attached hydrogen (secondary N) is 1. The summed E-state index contributed by atoms with van der Waals surface area (Å²) in [7, 11) is 0. The first-order chi connectivity index (χ1) is 19.4. The molecule has 3 aromatic heterocycles. The van der Waals surface area contributed by atoms with Crippen LogP contribution < -0.4 is 10.2 Å². The minimum Gasteiger partial charge on any atom is -0.444 e. The minimum atomic E-state index is -0.522. The molecule has 0 saturated carbocycles. The number of hydrogen-bond donors (Lipinski definition) is 1. The van der Waals surface area contributed by atoms with E-state index in [4.69, 9.17) is 9.72 Å². The van der Waals surface area contributed by atoms with Gasteiger partial charge in [-0.25, -0.2) is 14.2 Å². The van der Waals surface area contributed by atoms with E-state index in [1.807, 2.05) is 50.8 Å². The predicted molar refractivity (Wildman–Crippen MR) is 156 cm³/mol. The average Bonchev–Trinajstić information content (AvgIpc) is 3.27. The number of carbonyl (C=O) groups is 2. The van der Waals surface area contributed by atoms with Crippen LogP contribution in [0.25, 0.3) is 16.6 Å². The molecule has 0 bridgehead atoms. The molecule has 1 N–H and O–H groups in total. The molecular formula is C31H35FN6O3. The molecule has 41 heavy (non-hydrogen) atoms. The second-order valence-electron chi connectivity index (χ2n) is 12.2. The molecule has 2 aliphatic heterocycles. The van der Waals surface area contributed by atoms with Crippen molar-refractivity contribution < 1.29 is 18.7 Å². The summed E-state index contributed by atoms with van der Waals surface area (Å²) in [5.41, 5.74) is 3.36. The van der Waals surface area contributed by atoms with Crippen molar-refractivity contribution in [1.29, 1.82) is 0 Å². The van der Waals surface area contributed by atoms with Crippen molar-refractivity contribution in [2.45, 2.75) is 65.0 Å². The zero-order chi connectivity index (χ0) is 29.1. The predicted octanol–water partition coefficient (Wildman–Crippen LogP) is 5.87. The summed E-state index contributed by atoms with van der Waals surface area (Å²) in [4.78, 5) is 39.4. The summed E-state index contributed by atoms with van der Waals surface area (Å²) in [6.45, 7) is 11.6. The molecule has 0 atom stereocenters. The molecule has 5 heterocycles. The largest absolute Gasteiger partial charge is 0.444 e. The van der Waals surface area contributed by atoms with Gasteiger partial charge in [0.05, 0.1) is 28.0 Å². The van der Waals surface area contributed by atoms with Crippen LogP contribution in [0.1, 0.15) is 61.8 Å². The molecule has 214 valence electrons. The lowest BCUT2D eigenvalue weighted by Crippen LogP contribution is -2.66. The Morgan fingerprint density at radius 2 is 1.71 bits per heavy atom. The van der Waals surface area contributed by atoms with Crippen molar-refractivity contribution in [1.82, 2.24) is 19.3 Å². The molecule has 2 amide bonds. The van der Waals surface area contributed by atoms with E-state index in [0.29, 0.717) is 22.5 Å². The molecular weight excluding hydrogens is 523 g/mol. The Morgan fingerprint density at radius 1 is 0.976 bits per heavy atom. The smallest absolute Gasteiger partial charge is 0.410 e. The quantitative estimate of drug-likeness (QED) is 0.338. The van der Waals surface area contributed by atoms with E-state index < -0.39 is 11.4 Å². The van der Waals surface area contributed by atoms with Crippen LogP contribution in [0.5, 0.6) is 0 Å². The third-order valence-electron chi connectivity index (χ3n) is 8.12. The summed E-state index contributed by atoms with van der Waals surface area (Å²) in [5, 5.41) is 3.72. The maximum absolute atomic E-state index is 14.6. The molecule has 2 aliphatic rings. The van der Waals surface area contributed by atoms with Gasteiger partial charge in [0.2, 0.25) is 0 Å². The van der Waals surface area contributed by atoms with Gasteiger partial charge in [-0.2, -0.15) is 0 Å². The summed E-state index contributed by atoms with van der Waals surface area (Å²) in [6, 6.07) is 8.97. The van der Waals surface area contributed by atoms with Gasteiger partial charge in [0.15, 0.2) is 11.5 Å². The van der Waals surface area contributed by atoms with E-state index in [-0.39, 0.29) is 23.2 Å². The molecule has 6 rings (SSSR count). The number of pyridine rings is 2. The number of piperidine rings is 1. The molecule has 10 heteroatoms. The van der Waals surface area contributed by atoms with Crippen molar-refractivity contribution in [3.63, 3.8) is 0 Å². The Morgan fingerprint density at radius 3 is 2.39 bits per heavy atom. The fraction of sp³-hybridized carbons (Fsp3) is 0.419. The van der Waals surface area contributed by atoms with Crippen LogP contribution in [0.3, 0.4) is 0 Å². The summed E-state index contributed by atoms with van der Waals surface area (Å²) in [5.74, 6) is -0.875. The third kappa shape index (κ3) is 4.96. The van der Waals surface area contributed by atoms with Crippen molar-refractivity contribution in [2.75, 3.05) is 29.9 Å². The van der Waals surface area contributed by atoms with Gasteiger partial charge in [-0.1, -0.05) is 0 Å². The topological polar surface area (TPSA) is 92.1 Å². The van der Waals surface area contributed by atoms with Crippen molar-refractivity contribution in [3.05, 3.63) is 65.5 Å². The Bertz CT molecular complexity index is 1680. The highest BCUT2D eigenvalue weighted by molar-refractivity contribution is 6.14. The number of amides is 2. The summed E-state index contributed by atoms with van der Waals surface area (Å²) < 4.78 is 21.8. The standard InChI is InChI=1S/C31H35FN6O3/c1-19-6-7-22-25(36-13-10-31(11-14-36)12-15-38(31)29(40)41-30(3,4)5)9-8-23(26(22)33-19)28(39)35-21-16-24(32)27-34-20(2)17-37(27)18-21/h6-9,16-18H,10-15H2,1-5H3,(H,35,39). The van der Waals surface area contributed by atoms with Gasteiger partial charge in [-0.3, -0.25) is 9.78 Å². The van der Waals surface area contributed by atoms with Crippen molar-refractivity contribution in [3.8, 4) is 0 Å². The Kier molecular flexibility index (Phi) is 6.39. The lowest BCUT2D eigenvalue weighted by molar-refractivity contribution is -0.0541. The number of benzene rings is 1. The molecule has 0 unspecified atom stereocenters. The SMILES string of the molecule is Cc1ccc2c(N3CCC4(CC3)CCN4C(=O)OC(C)(C)C)ccc(C(=O)Nc3cc(F)c4nc(C)cn4c3)c2n1. The van der Waals surface area contributed by atoms with Gasteiger partial charge in [0, 0.05) is 54.9 Å². The molecule has 1 aromatic carbocycles. The first-order valence-corrected chi connectivity index (χ1v) is 14.0. The Labute approximate surface area is 238 Å². The molecule has 2 saturated heterocycles. The van der Waals surface area contributed by atoms with Gasteiger partial charge >= 0.3 is 6.09 Å². The van der Waals surface area contributed by atoms with Gasteiger partial charge in [0.25, 0.3) is 5.91 Å². The molecule has 0 radical (unpaired) electrons. The Hall–Kier alpha value is -4.21. The van der Waals surface area contributed by atoms with E-state index in [2.05, 4.69) is 15.2 Å². The van der Waals surface area contributed by atoms with Crippen LogP contribution in [0.4, 0.5) is 20.6 Å². The molecule has 0 aliphatic carbocycles. The van der Waals surface area contributed by atoms with E-state index >= 15 is 0 Å². The lowest BCUT2D eigenvalue weighted by Gasteiger charge is -2.56. The highest BCUT2D eigenvalue weighted by Gasteiger charge is 2.50. The van der Waals surface area contributed by atoms with Gasteiger partial charge in [-0.05, 0) is 78.1 Å². The molecule has 1 spiro atoms. The summed E-state index contributed by atoms with van der Waals surface area (Å²) >= 11 is 0. The number of carbonyl (C=O) groups excluding carboxylic acids is 2. The number of rotatable bonds is 3. The number of halogens is 1. The second kappa shape index (κ2) is 9.71. The lowest BCUT2D eigenvalue weighted by atomic mass is 9.76. The normalized spacial score (nSPS) is 16.7. The Balaban J connectivity index is 1.24. The molecule has 9 nitrogen and oxygen atoms in total. The second-order valence-corrected chi connectivity index (χ2v) is 12.2. The van der Waals surface area contributed by atoms with Crippen LogP contribution in [-0.2, 0) is 4.74 Å². The van der Waals surface area contributed by atoms with E-state index in [9.17, 15) is 14.0 Å². The number of imidazole rings is 1. The maximum atomic E-state index is 14.6. The minimum absolute atomic E-state index is 0.159. The average molecular weight is 559 g/mol. The van der Waals surface area contributed by atoms with E-state index in [1.54, 1.807) is 29.8 Å². The van der Waals surface area contributed by atoms with Gasteiger partial charge in [-0.15, -0.1) is 0 Å². The van der Waals surface area contributed by atoms with Crippen molar-refractivity contribution in [2.24, 2.45) is 0 Å². The highest BCUT2D eigenvalue weighted by Crippen LogP contribution is 2.42. The number of nitrogens with zero attached hydrogens (tertiary/aromatic N) is 5. The fourth-order valence-electron chi connectivity index (χ4n) is 6.03. The zero-order valence-corrected chi connectivity index (χ0v) is 24.1. The number of likely N-dealkylation sites (tertiary alicyclic amines) is 1. The number of aryl methyl sites for hydroxylation is 2. The van der Waals surface area contributed by atoms with Gasteiger partial charge < -0.3 is 24.3 Å². The fourth-order valence-corrected chi connectivity index (χ4v) is 6.03. The zero-order valence-electron chi connectivity index (χ0n) is 24.1. The first kappa shape index (κ1) is 27.0. The van der Waals surface area contributed by atoms with Gasteiger partial charge in [0.1, 0.15) is 5.60 Å². The molecule has 4 aromatic rings. The van der Waals surface area contributed by atoms with Crippen LogP contribution in [0, 0.1) is 19.7 Å². The third-order valence-corrected chi connectivity index (χ3v) is 8.12. The van der Waals surface area contributed by atoms with Crippen LogP contribution in [0.2, 0.25) is 0 Å². The number of ether oxygens (including phenoxy) is 1. The van der Waals surface area contributed by atoms with E-state index in [1.165, 1.54) is 6.07 Å². The maximum Gasteiger partial charge on any atom is 0.410 e. The summed E-state index contributed by atoms with van der Waals surface area (Å²) in [6.07, 6.45) is 5.79. The first-order valence-electron chi connectivity index (χ1n) is 14.0. The number of anilines is 2. The monoisotopic (exact) mass is 558 g/mol. The highest BCUT2D eigenvalue weighted by atomic mass is 19.1. The van der Waals surface area contributed by atoms with Crippen molar-refractivity contribution >= 4 is 39.9 Å². The van der Waals surface area contributed by atoms with Crippen LogP contribution in [0.15, 0.2) is 42.7 Å². The number of fused-ring (bicyclic) bond motifs is 2. The molecule has 2 fully saturated rings. The van der Waals surface area contributed by atoms with E-state index in [0.717, 1.165) is 55.7 Å². The van der Waals surface area contributed by atoms with Crippen LogP contribution >= 0.6 is 0 Å². The number of hydrogen-bond acceptors (Lipinski definition) is 6. The number of aromatic nitrogens is 3. The van der Waals surface area contributed by atoms with Crippen LogP contribution in [-0.4, -0.2) is 62.0 Å².